The SMILES string of the molecule is Cc1ccc(N2CC(C)(C)NC(=O)C2CO)c(C)c1. The van der Waals surface area contributed by atoms with Crippen molar-refractivity contribution < 1.29 is 9.90 Å². The average molecular weight is 262 g/mol. The second-order valence-corrected chi connectivity index (χ2v) is 5.99. The minimum Gasteiger partial charge on any atom is -0.394 e. The Hall–Kier alpha value is -1.55. The molecule has 1 unspecified atom stereocenters. The molecule has 1 atom stereocenters. The number of nitrogens with zero attached hydrogens (tertiary/aromatic N) is 1. The number of hydrogen-bond donors (Lipinski definition) is 2. The number of benzene rings is 1. The number of piperazine rings is 1. The van der Waals surface area contributed by atoms with Crippen LogP contribution in [0.1, 0.15) is 25.0 Å². The van der Waals surface area contributed by atoms with Crippen molar-refractivity contribution in [3.8, 4) is 0 Å². The van der Waals surface area contributed by atoms with E-state index < -0.39 is 6.04 Å². The molecule has 1 aliphatic rings. The maximum absolute atomic E-state index is 12.1. The molecule has 1 heterocycles. The second kappa shape index (κ2) is 4.85. The minimum atomic E-state index is -0.505. The van der Waals surface area contributed by atoms with E-state index in [-0.39, 0.29) is 18.1 Å². The number of aliphatic hydroxyl groups is 1. The van der Waals surface area contributed by atoms with Crippen molar-refractivity contribution in [3.05, 3.63) is 29.3 Å². The van der Waals surface area contributed by atoms with Crippen molar-refractivity contribution in [3.63, 3.8) is 0 Å². The van der Waals surface area contributed by atoms with E-state index in [2.05, 4.69) is 11.4 Å². The first-order chi connectivity index (χ1) is 8.84. The van der Waals surface area contributed by atoms with Crippen LogP contribution in [0.5, 0.6) is 0 Å². The summed E-state index contributed by atoms with van der Waals surface area (Å²) < 4.78 is 0. The zero-order valence-corrected chi connectivity index (χ0v) is 12.0. The lowest BCUT2D eigenvalue weighted by Gasteiger charge is -2.44. The van der Waals surface area contributed by atoms with Crippen molar-refractivity contribution in [2.24, 2.45) is 0 Å². The summed E-state index contributed by atoms with van der Waals surface area (Å²) in [5, 5.41) is 12.5. The second-order valence-electron chi connectivity index (χ2n) is 5.99. The van der Waals surface area contributed by atoms with Crippen molar-refractivity contribution in [2.75, 3.05) is 18.1 Å². The molecule has 19 heavy (non-hydrogen) atoms. The molecule has 2 rings (SSSR count). The lowest BCUT2D eigenvalue weighted by Crippen LogP contribution is -2.66. The Bertz CT molecular complexity index is 497. The van der Waals surface area contributed by atoms with E-state index >= 15 is 0 Å². The van der Waals surface area contributed by atoms with E-state index in [4.69, 9.17) is 0 Å². The Labute approximate surface area is 114 Å². The van der Waals surface area contributed by atoms with Gasteiger partial charge in [0, 0.05) is 12.2 Å². The van der Waals surface area contributed by atoms with Crippen LogP contribution in [0.3, 0.4) is 0 Å². The molecule has 1 aromatic rings. The number of nitrogens with one attached hydrogen (secondary N) is 1. The lowest BCUT2D eigenvalue weighted by atomic mass is 9.96. The third kappa shape index (κ3) is 2.73. The van der Waals surface area contributed by atoms with Crippen molar-refractivity contribution in [2.45, 2.75) is 39.3 Å². The molecule has 0 aromatic heterocycles. The summed E-state index contributed by atoms with van der Waals surface area (Å²) in [7, 11) is 0. The quantitative estimate of drug-likeness (QED) is 0.846. The molecule has 1 aliphatic heterocycles. The van der Waals surface area contributed by atoms with Crippen LogP contribution in [0.2, 0.25) is 0 Å². The molecule has 0 radical (unpaired) electrons. The Kier molecular flexibility index (Phi) is 3.54. The standard InChI is InChI=1S/C15H22N2O2/c1-10-5-6-12(11(2)7-10)17-9-15(3,4)16-14(19)13(17)8-18/h5-7,13,18H,8-9H2,1-4H3,(H,16,19). The van der Waals surface area contributed by atoms with E-state index in [1.807, 2.05) is 44.7 Å². The molecular weight excluding hydrogens is 240 g/mol. The molecular formula is C15H22N2O2. The molecule has 0 spiro atoms. The lowest BCUT2D eigenvalue weighted by molar-refractivity contribution is -0.126. The van der Waals surface area contributed by atoms with Gasteiger partial charge >= 0.3 is 0 Å². The van der Waals surface area contributed by atoms with Crippen LogP contribution in [-0.4, -0.2) is 35.7 Å². The first kappa shape index (κ1) is 13.9. The van der Waals surface area contributed by atoms with Gasteiger partial charge in [-0.2, -0.15) is 0 Å². The molecule has 104 valence electrons. The molecule has 1 aromatic carbocycles. The van der Waals surface area contributed by atoms with E-state index in [0.29, 0.717) is 6.54 Å². The highest BCUT2D eigenvalue weighted by Crippen LogP contribution is 2.27. The summed E-state index contributed by atoms with van der Waals surface area (Å²) in [4.78, 5) is 14.1. The van der Waals surface area contributed by atoms with Crippen LogP contribution >= 0.6 is 0 Å². The molecule has 1 fully saturated rings. The van der Waals surface area contributed by atoms with Gasteiger partial charge in [0.25, 0.3) is 0 Å². The monoisotopic (exact) mass is 262 g/mol. The highest BCUT2D eigenvalue weighted by atomic mass is 16.3. The zero-order valence-electron chi connectivity index (χ0n) is 12.0. The summed E-state index contributed by atoms with van der Waals surface area (Å²) in [5.74, 6) is -0.112. The molecule has 2 N–H and O–H groups in total. The van der Waals surface area contributed by atoms with Gasteiger partial charge in [-0.25, -0.2) is 0 Å². The maximum Gasteiger partial charge on any atom is 0.245 e. The van der Waals surface area contributed by atoms with Crippen LogP contribution < -0.4 is 10.2 Å². The van der Waals surface area contributed by atoms with Gasteiger partial charge in [-0.15, -0.1) is 0 Å². The van der Waals surface area contributed by atoms with E-state index in [9.17, 15) is 9.90 Å². The molecule has 0 aliphatic carbocycles. The molecule has 4 heteroatoms. The van der Waals surface area contributed by atoms with Gasteiger partial charge in [0.05, 0.1) is 12.1 Å². The number of carbonyl (C=O) groups excluding carboxylic acids is 1. The summed E-state index contributed by atoms with van der Waals surface area (Å²) in [6.45, 7) is 8.59. The first-order valence-corrected chi connectivity index (χ1v) is 6.61. The Morgan fingerprint density at radius 3 is 2.68 bits per heavy atom. The van der Waals surface area contributed by atoms with Gasteiger partial charge in [-0.3, -0.25) is 4.79 Å². The predicted molar refractivity (Wildman–Crippen MR) is 76.4 cm³/mol. The third-order valence-electron chi connectivity index (χ3n) is 3.54. The Balaban J connectivity index is 2.41. The Morgan fingerprint density at radius 2 is 2.11 bits per heavy atom. The van der Waals surface area contributed by atoms with Crippen molar-refractivity contribution >= 4 is 11.6 Å². The third-order valence-corrected chi connectivity index (χ3v) is 3.54. The first-order valence-electron chi connectivity index (χ1n) is 6.61. The number of amides is 1. The molecule has 4 nitrogen and oxygen atoms in total. The highest BCUT2D eigenvalue weighted by molar-refractivity contribution is 5.88. The van der Waals surface area contributed by atoms with Gasteiger partial charge < -0.3 is 15.3 Å². The van der Waals surface area contributed by atoms with E-state index in [1.165, 1.54) is 5.56 Å². The number of hydrogen-bond acceptors (Lipinski definition) is 3. The topological polar surface area (TPSA) is 52.6 Å². The Morgan fingerprint density at radius 1 is 1.42 bits per heavy atom. The van der Waals surface area contributed by atoms with E-state index in [1.54, 1.807) is 0 Å². The fourth-order valence-electron chi connectivity index (χ4n) is 2.70. The number of carbonyl (C=O) groups is 1. The van der Waals surface area contributed by atoms with Crippen LogP contribution in [0, 0.1) is 13.8 Å². The maximum atomic E-state index is 12.1. The van der Waals surface area contributed by atoms with Crippen molar-refractivity contribution in [1.29, 1.82) is 0 Å². The van der Waals surface area contributed by atoms with E-state index in [0.717, 1.165) is 11.3 Å². The summed E-state index contributed by atoms with van der Waals surface area (Å²) >= 11 is 0. The van der Waals surface area contributed by atoms with Gasteiger partial charge in [0.2, 0.25) is 5.91 Å². The minimum absolute atomic E-state index is 0.112. The van der Waals surface area contributed by atoms with Crippen LogP contribution in [0.4, 0.5) is 5.69 Å². The number of aryl methyl sites for hydroxylation is 2. The summed E-state index contributed by atoms with van der Waals surface area (Å²) in [5.41, 5.74) is 3.05. The molecule has 1 saturated heterocycles. The summed E-state index contributed by atoms with van der Waals surface area (Å²) in [6, 6.07) is 5.66. The van der Waals surface area contributed by atoms with Crippen LogP contribution in [0.15, 0.2) is 18.2 Å². The van der Waals surface area contributed by atoms with Gasteiger partial charge in [0.1, 0.15) is 6.04 Å². The normalized spacial score (nSPS) is 22.3. The van der Waals surface area contributed by atoms with Gasteiger partial charge in [-0.1, -0.05) is 17.7 Å². The van der Waals surface area contributed by atoms with Gasteiger partial charge in [0.15, 0.2) is 0 Å². The van der Waals surface area contributed by atoms with Gasteiger partial charge in [-0.05, 0) is 39.3 Å². The number of anilines is 1. The largest absolute Gasteiger partial charge is 0.394 e. The highest BCUT2D eigenvalue weighted by Gasteiger charge is 2.38. The van der Waals surface area contributed by atoms with Crippen LogP contribution in [0.25, 0.3) is 0 Å². The predicted octanol–water partition coefficient (Wildman–Crippen LogP) is 1.38. The summed E-state index contributed by atoms with van der Waals surface area (Å²) in [6.07, 6.45) is 0. The molecule has 0 bridgehead atoms. The smallest absolute Gasteiger partial charge is 0.245 e. The number of aliphatic hydroxyl groups excluding tert-OH is 1. The zero-order chi connectivity index (χ0) is 14.2. The number of rotatable bonds is 2. The fourth-order valence-corrected chi connectivity index (χ4v) is 2.70. The van der Waals surface area contributed by atoms with Crippen molar-refractivity contribution in [1.82, 2.24) is 5.32 Å². The molecule has 1 amide bonds. The molecule has 0 saturated carbocycles. The average Bonchev–Trinajstić information content (AvgIpc) is 2.26. The fraction of sp³-hybridized carbons (Fsp3) is 0.533. The van der Waals surface area contributed by atoms with Crippen LogP contribution in [-0.2, 0) is 4.79 Å².